The van der Waals surface area contributed by atoms with E-state index in [2.05, 4.69) is 26.6 Å². The highest BCUT2D eigenvalue weighted by atomic mass is 79.9. The fourth-order valence-corrected chi connectivity index (χ4v) is 7.15. The van der Waals surface area contributed by atoms with Gasteiger partial charge in [-0.25, -0.2) is 0 Å². The van der Waals surface area contributed by atoms with Crippen LogP contribution in [0.1, 0.15) is 30.0 Å². The largest absolute Gasteiger partial charge is 0.394 e. The Morgan fingerprint density at radius 3 is 2.62 bits per heavy atom. The van der Waals surface area contributed by atoms with Gasteiger partial charge in [-0.1, -0.05) is 58.4 Å². The van der Waals surface area contributed by atoms with Crippen LogP contribution in [-0.2, 0) is 25.7 Å². The van der Waals surface area contributed by atoms with Gasteiger partial charge in [-0.3, -0.25) is 14.4 Å². The van der Waals surface area contributed by atoms with Gasteiger partial charge >= 0.3 is 0 Å². The van der Waals surface area contributed by atoms with E-state index in [0.29, 0.717) is 18.7 Å². The molecule has 2 aromatic rings. The molecule has 0 aliphatic carbocycles. The highest BCUT2D eigenvalue weighted by Gasteiger charge is 2.76. The van der Waals surface area contributed by atoms with Crippen LogP contribution in [0.2, 0.25) is 0 Å². The minimum Gasteiger partial charge on any atom is -0.394 e. The summed E-state index contributed by atoms with van der Waals surface area (Å²) in [6, 6.07) is 13.7. The first kappa shape index (κ1) is 25.9. The molecule has 37 heavy (non-hydrogen) atoms. The van der Waals surface area contributed by atoms with Crippen molar-refractivity contribution >= 4 is 39.3 Å². The Hall–Kier alpha value is -2.75. The molecule has 9 heteroatoms. The van der Waals surface area contributed by atoms with Crippen LogP contribution in [0.25, 0.3) is 0 Å². The summed E-state index contributed by atoms with van der Waals surface area (Å²) < 4.78 is 6.49. The van der Waals surface area contributed by atoms with Gasteiger partial charge in [0.2, 0.25) is 17.7 Å². The van der Waals surface area contributed by atoms with Crippen LogP contribution in [0, 0.1) is 25.7 Å². The third kappa shape index (κ3) is 4.27. The number of aryl methyl sites for hydroxylation is 2. The summed E-state index contributed by atoms with van der Waals surface area (Å²) >= 11 is 3.67. The van der Waals surface area contributed by atoms with E-state index in [-0.39, 0.29) is 29.2 Å². The van der Waals surface area contributed by atoms with E-state index >= 15 is 0 Å². The van der Waals surface area contributed by atoms with Gasteiger partial charge in [0, 0.05) is 17.1 Å². The Morgan fingerprint density at radius 1 is 1.19 bits per heavy atom. The van der Waals surface area contributed by atoms with Gasteiger partial charge in [0.1, 0.15) is 11.6 Å². The number of hydrogen-bond donors (Lipinski definition) is 3. The van der Waals surface area contributed by atoms with Gasteiger partial charge in [0.25, 0.3) is 0 Å². The molecule has 2 bridgehead atoms. The number of alkyl halides is 1. The topological polar surface area (TPSA) is 108 Å². The van der Waals surface area contributed by atoms with Crippen molar-refractivity contribution in [2.75, 3.05) is 11.9 Å². The fourth-order valence-electron chi connectivity index (χ4n) is 6.20. The summed E-state index contributed by atoms with van der Waals surface area (Å²) in [5.41, 5.74) is 2.33. The molecule has 2 aromatic carbocycles. The van der Waals surface area contributed by atoms with E-state index in [1.807, 2.05) is 62.4 Å². The van der Waals surface area contributed by atoms with Crippen LogP contribution in [0.4, 0.5) is 5.69 Å². The molecular weight excluding hydrogens is 538 g/mol. The first-order chi connectivity index (χ1) is 17.7. The van der Waals surface area contributed by atoms with Crippen molar-refractivity contribution in [2.45, 2.75) is 62.4 Å². The smallest absolute Gasteiger partial charge is 0.250 e. The highest BCUT2D eigenvalue weighted by Crippen LogP contribution is 2.60. The average Bonchev–Trinajstić information content (AvgIpc) is 3.48. The van der Waals surface area contributed by atoms with Crippen molar-refractivity contribution < 1.29 is 24.2 Å². The molecule has 3 unspecified atom stereocenters. The number of nitrogens with zero attached hydrogens (tertiary/aromatic N) is 1. The van der Waals surface area contributed by atoms with Crippen LogP contribution in [0.3, 0.4) is 0 Å². The molecule has 3 saturated heterocycles. The molecular formula is C28H32BrN3O5. The van der Waals surface area contributed by atoms with Crippen molar-refractivity contribution in [3.05, 3.63) is 65.2 Å². The minimum atomic E-state index is -1.17. The molecule has 3 N–H and O–H groups in total. The molecule has 5 rings (SSSR count). The molecule has 196 valence electrons. The number of ether oxygens (including phenoxy) is 1. The Labute approximate surface area is 224 Å². The lowest BCUT2D eigenvalue weighted by molar-refractivity contribution is -0.143. The van der Waals surface area contributed by atoms with Gasteiger partial charge in [0.15, 0.2) is 0 Å². The number of anilines is 1. The number of fused-ring (bicyclic) bond motifs is 1. The third-order valence-corrected chi connectivity index (χ3v) is 8.82. The monoisotopic (exact) mass is 569 g/mol. The van der Waals surface area contributed by atoms with Gasteiger partial charge < -0.3 is 25.4 Å². The zero-order valence-electron chi connectivity index (χ0n) is 21.1. The van der Waals surface area contributed by atoms with Gasteiger partial charge in [-0.05, 0) is 49.9 Å². The SMILES string of the molecule is Cc1ccc(C)c(NC(=O)C2N([C@H](C)CO)C(=O)[C@@H]3[C@H](C(=O)NCc4ccccc4)[C@H]4OC23CC4Br)c1. The average molecular weight is 570 g/mol. The first-order valence-electron chi connectivity index (χ1n) is 12.6. The van der Waals surface area contributed by atoms with E-state index < -0.39 is 35.6 Å². The normalized spacial score (nSPS) is 30.8. The second kappa shape index (κ2) is 9.85. The summed E-state index contributed by atoms with van der Waals surface area (Å²) in [4.78, 5) is 42.6. The van der Waals surface area contributed by atoms with E-state index in [1.54, 1.807) is 6.92 Å². The number of carbonyl (C=O) groups is 3. The number of benzene rings is 2. The standard InChI is InChI=1S/C28H32BrN3O5/c1-15-9-10-16(2)20(11-15)31-26(35)24-28-12-19(29)23(37-28)21(22(28)27(36)32(24)17(3)14-33)25(34)30-13-18-7-5-4-6-8-18/h4-11,17,19,21-24,33H,12-14H2,1-3H3,(H,30,34)(H,31,35)/t17-,19?,21+,22+,23+,24?,28?/m1/s1. The lowest BCUT2D eigenvalue weighted by Crippen LogP contribution is -2.56. The quantitative estimate of drug-likeness (QED) is 0.444. The third-order valence-electron chi connectivity index (χ3n) is 7.98. The minimum absolute atomic E-state index is 0.190. The summed E-state index contributed by atoms with van der Waals surface area (Å²) in [7, 11) is 0. The lowest BCUT2D eigenvalue weighted by atomic mass is 9.70. The van der Waals surface area contributed by atoms with Crippen LogP contribution in [0.15, 0.2) is 48.5 Å². The molecule has 7 atom stereocenters. The maximum absolute atomic E-state index is 13.9. The van der Waals surface area contributed by atoms with Gasteiger partial charge in [0.05, 0.1) is 30.6 Å². The number of rotatable bonds is 7. The number of likely N-dealkylation sites (tertiary alicyclic amines) is 1. The van der Waals surface area contributed by atoms with E-state index in [9.17, 15) is 19.5 Å². The number of aliphatic hydroxyl groups is 1. The number of nitrogens with one attached hydrogen (secondary N) is 2. The maximum Gasteiger partial charge on any atom is 0.250 e. The summed E-state index contributed by atoms with van der Waals surface area (Å²) in [6.07, 6.45) is -0.122. The molecule has 3 fully saturated rings. The van der Waals surface area contributed by atoms with Gasteiger partial charge in [-0.15, -0.1) is 0 Å². The molecule has 3 aliphatic heterocycles. The summed E-state index contributed by atoms with van der Waals surface area (Å²) in [5, 5.41) is 16.0. The number of amides is 3. The fraction of sp³-hybridized carbons (Fsp3) is 0.464. The maximum atomic E-state index is 13.9. The Bertz CT molecular complexity index is 1220. The van der Waals surface area contributed by atoms with Crippen molar-refractivity contribution in [3.8, 4) is 0 Å². The summed E-state index contributed by atoms with van der Waals surface area (Å²) in [5.74, 6) is -2.54. The molecule has 0 radical (unpaired) electrons. The lowest BCUT2D eigenvalue weighted by Gasteiger charge is -2.35. The molecule has 3 aliphatic rings. The zero-order chi connectivity index (χ0) is 26.5. The predicted octanol–water partition coefficient (Wildman–Crippen LogP) is 2.69. The Balaban J connectivity index is 1.48. The highest BCUT2D eigenvalue weighted by molar-refractivity contribution is 9.09. The second-order valence-electron chi connectivity index (χ2n) is 10.5. The second-order valence-corrected chi connectivity index (χ2v) is 11.6. The Kier molecular flexibility index (Phi) is 6.89. The van der Waals surface area contributed by atoms with E-state index in [4.69, 9.17) is 4.74 Å². The zero-order valence-corrected chi connectivity index (χ0v) is 22.7. The molecule has 1 spiro atoms. The van der Waals surface area contributed by atoms with E-state index in [0.717, 1.165) is 16.7 Å². The molecule has 3 heterocycles. The number of aliphatic hydroxyl groups excluding tert-OH is 1. The molecule has 3 amide bonds. The van der Waals surface area contributed by atoms with E-state index in [1.165, 1.54) is 4.90 Å². The van der Waals surface area contributed by atoms with Crippen molar-refractivity contribution in [1.29, 1.82) is 0 Å². The molecule has 8 nitrogen and oxygen atoms in total. The van der Waals surface area contributed by atoms with Crippen molar-refractivity contribution in [3.63, 3.8) is 0 Å². The number of hydrogen-bond acceptors (Lipinski definition) is 5. The van der Waals surface area contributed by atoms with Crippen LogP contribution < -0.4 is 10.6 Å². The first-order valence-corrected chi connectivity index (χ1v) is 13.5. The molecule has 0 aromatic heterocycles. The van der Waals surface area contributed by atoms with Crippen LogP contribution in [-0.4, -0.2) is 63.0 Å². The summed E-state index contributed by atoms with van der Waals surface area (Å²) in [6.45, 7) is 5.57. The molecule has 0 saturated carbocycles. The van der Waals surface area contributed by atoms with Crippen molar-refractivity contribution in [1.82, 2.24) is 10.2 Å². The number of carbonyl (C=O) groups excluding carboxylic acids is 3. The van der Waals surface area contributed by atoms with Crippen molar-refractivity contribution in [2.24, 2.45) is 11.8 Å². The van der Waals surface area contributed by atoms with Crippen LogP contribution in [0.5, 0.6) is 0 Å². The predicted molar refractivity (Wildman–Crippen MR) is 142 cm³/mol. The van der Waals surface area contributed by atoms with Gasteiger partial charge in [-0.2, -0.15) is 0 Å². The number of halogens is 1. The van der Waals surface area contributed by atoms with Crippen LogP contribution >= 0.6 is 15.9 Å². The Morgan fingerprint density at radius 2 is 1.92 bits per heavy atom.